The molecule has 0 amide bonds. The highest BCUT2D eigenvalue weighted by molar-refractivity contribution is 6.33. The fourth-order valence-corrected chi connectivity index (χ4v) is 2.54. The monoisotopic (exact) mass is 283 g/mol. The average Bonchev–Trinajstić information content (AvgIpc) is 2.88. The number of hydrogen-bond acceptors (Lipinski definition) is 4. The maximum Gasteiger partial charge on any atom is 0.337 e. The Kier molecular flexibility index (Phi) is 4.61. The summed E-state index contributed by atoms with van der Waals surface area (Å²) in [6, 6.07) is 1.44. The Morgan fingerprint density at radius 2 is 2.21 bits per heavy atom. The third-order valence-electron chi connectivity index (χ3n) is 3.38. The Morgan fingerprint density at radius 3 is 2.79 bits per heavy atom. The predicted molar refractivity (Wildman–Crippen MR) is 75.2 cm³/mol. The van der Waals surface area contributed by atoms with Crippen molar-refractivity contribution in [1.82, 2.24) is 9.88 Å². The second kappa shape index (κ2) is 6.21. The van der Waals surface area contributed by atoms with Crippen molar-refractivity contribution in [3.05, 3.63) is 22.8 Å². The van der Waals surface area contributed by atoms with E-state index in [1.807, 2.05) is 11.9 Å². The van der Waals surface area contributed by atoms with Gasteiger partial charge in [-0.1, -0.05) is 11.6 Å². The quantitative estimate of drug-likeness (QED) is 0.895. The number of hydrogen-bond donors (Lipinski definition) is 1. The zero-order valence-electron chi connectivity index (χ0n) is 11.0. The zero-order chi connectivity index (χ0) is 13.8. The molecule has 1 saturated heterocycles. The van der Waals surface area contributed by atoms with Crippen LogP contribution in [0.3, 0.4) is 0 Å². The Bertz CT molecular complexity index is 461. The standard InChI is InChI=1S/C13H18ClN3O2/c1-16(6-7-17-4-2-3-5-17)12-11(14)8-10(9-15-12)13(18)19/h8-9H,2-7H2,1H3,(H,18,19). The summed E-state index contributed by atoms with van der Waals surface area (Å²) in [5.41, 5.74) is 0.113. The van der Waals surface area contributed by atoms with Crippen molar-refractivity contribution < 1.29 is 9.90 Å². The van der Waals surface area contributed by atoms with Crippen LogP contribution in [0, 0.1) is 0 Å². The molecule has 0 unspecified atom stereocenters. The largest absolute Gasteiger partial charge is 0.478 e. The van der Waals surface area contributed by atoms with E-state index in [0.717, 1.165) is 26.2 Å². The molecular weight excluding hydrogens is 266 g/mol. The van der Waals surface area contributed by atoms with Crippen LogP contribution in [0.4, 0.5) is 5.82 Å². The number of aromatic carboxylic acids is 1. The van der Waals surface area contributed by atoms with E-state index in [9.17, 15) is 4.79 Å². The number of pyridine rings is 1. The molecule has 2 heterocycles. The van der Waals surface area contributed by atoms with E-state index in [4.69, 9.17) is 16.7 Å². The lowest BCUT2D eigenvalue weighted by atomic mass is 10.3. The van der Waals surface area contributed by atoms with Gasteiger partial charge in [0.1, 0.15) is 5.82 Å². The highest BCUT2D eigenvalue weighted by Crippen LogP contribution is 2.23. The fourth-order valence-electron chi connectivity index (χ4n) is 2.23. The third-order valence-corrected chi connectivity index (χ3v) is 3.66. The van der Waals surface area contributed by atoms with Gasteiger partial charge in [0, 0.05) is 26.3 Å². The van der Waals surface area contributed by atoms with Crippen molar-refractivity contribution in [2.75, 3.05) is 38.1 Å². The summed E-state index contributed by atoms with van der Waals surface area (Å²) in [6.07, 6.45) is 3.89. The molecule has 1 aliphatic rings. The first-order chi connectivity index (χ1) is 9.08. The van der Waals surface area contributed by atoms with Gasteiger partial charge in [-0.05, 0) is 32.0 Å². The van der Waals surface area contributed by atoms with Crippen LogP contribution in [0.15, 0.2) is 12.3 Å². The number of likely N-dealkylation sites (N-methyl/N-ethyl adjacent to an activating group) is 1. The van der Waals surface area contributed by atoms with Crippen LogP contribution in [0.5, 0.6) is 0 Å². The van der Waals surface area contributed by atoms with Crippen molar-refractivity contribution in [1.29, 1.82) is 0 Å². The number of aromatic nitrogens is 1. The second-order valence-corrected chi connectivity index (χ2v) is 5.21. The van der Waals surface area contributed by atoms with Crippen molar-refractivity contribution in [2.45, 2.75) is 12.8 Å². The summed E-state index contributed by atoms with van der Waals surface area (Å²) >= 11 is 6.08. The lowest BCUT2D eigenvalue weighted by Crippen LogP contribution is -2.32. The average molecular weight is 284 g/mol. The molecule has 19 heavy (non-hydrogen) atoms. The van der Waals surface area contributed by atoms with E-state index >= 15 is 0 Å². The molecule has 1 aromatic heterocycles. The van der Waals surface area contributed by atoms with E-state index in [-0.39, 0.29) is 5.56 Å². The minimum Gasteiger partial charge on any atom is -0.478 e. The molecule has 5 nitrogen and oxygen atoms in total. The van der Waals surface area contributed by atoms with E-state index in [1.165, 1.54) is 25.1 Å². The van der Waals surface area contributed by atoms with E-state index in [2.05, 4.69) is 9.88 Å². The first-order valence-electron chi connectivity index (χ1n) is 6.40. The van der Waals surface area contributed by atoms with Crippen LogP contribution in [0.2, 0.25) is 5.02 Å². The molecule has 0 aliphatic carbocycles. The lowest BCUT2D eigenvalue weighted by Gasteiger charge is -2.23. The van der Waals surface area contributed by atoms with Crippen molar-refractivity contribution >= 4 is 23.4 Å². The Balaban J connectivity index is 1.98. The van der Waals surface area contributed by atoms with Gasteiger partial charge in [0.15, 0.2) is 0 Å². The van der Waals surface area contributed by atoms with Gasteiger partial charge in [-0.3, -0.25) is 0 Å². The number of rotatable bonds is 5. The van der Waals surface area contributed by atoms with Crippen molar-refractivity contribution in [3.8, 4) is 0 Å². The molecule has 0 bridgehead atoms. The minimum absolute atomic E-state index is 0.113. The van der Waals surface area contributed by atoms with Crippen LogP contribution in [0.1, 0.15) is 23.2 Å². The topological polar surface area (TPSA) is 56.7 Å². The van der Waals surface area contributed by atoms with Crippen LogP contribution < -0.4 is 4.90 Å². The summed E-state index contributed by atoms with van der Waals surface area (Å²) in [6.45, 7) is 4.13. The van der Waals surface area contributed by atoms with Gasteiger partial charge in [-0.25, -0.2) is 9.78 Å². The van der Waals surface area contributed by atoms with Gasteiger partial charge in [0.25, 0.3) is 0 Å². The molecule has 1 fully saturated rings. The first-order valence-corrected chi connectivity index (χ1v) is 6.78. The molecule has 1 aliphatic heterocycles. The molecule has 0 aromatic carbocycles. The van der Waals surface area contributed by atoms with Gasteiger partial charge < -0.3 is 14.9 Å². The van der Waals surface area contributed by atoms with Crippen molar-refractivity contribution in [3.63, 3.8) is 0 Å². The number of carboxylic acid groups (broad SMARTS) is 1. The van der Waals surface area contributed by atoms with Crippen LogP contribution in [-0.2, 0) is 0 Å². The molecule has 0 atom stereocenters. The molecule has 1 N–H and O–H groups in total. The molecule has 0 radical (unpaired) electrons. The highest BCUT2D eigenvalue weighted by atomic mass is 35.5. The Hall–Kier alpha value is -1.33. The molecule has 0 saturated carbocycles. The maximum atomic E-state index is 10.8. The smallest absolute Gasteiger partial charge is 0.337 e. The summed E-state index contributed by atoms with van der Waals surface area (Å²) in [7, 11) is 1.92. The third kappa shape index (κ3) is 3.58. The molecule has 2 rings (SSSR count). The van der Waals surface area contributed by atoms with Gasteiger partial charge in [-0.2, -0.15) is 0 Å². The number of nitrogens with zero attached hydrogens (tertiary/aromatic N) is 3. The SMILES string of the molecule is CN(CCN1CCCC1)c1ncc(C(=O)O)cc1Cl. The number of halogens is 1. The summed E-state index contributed by atoms with van der Waals surface area (Å²) < 4.78 is 0. The summed E-state index contributed by atoms with van der Waals surface area (Å²) in [5.74, 6) is -0.383. The molecule has 1 aromatic rings. The normalized spacial score (nSPS) is 15.7. The van der Waals surface area contributed by atoms with E-state index in [0.29, 0.717) is 10.8 Å². The number of anilines is 1. The second-order valence-electron chi connectivity index (χ2n) is 4.80. The molecular formula is C13H18ClN3O2. The van der Waals surface area contributed by atoms with Crippen LogP contribution >= 0.6 is 11.6 Å². The highest BCUT2D eigenvalue weighted by Gasteiger charge is 2.15. The minimum atomic E-state index is -1.01. The fraction of sp³-hybridized carbons (Fsp3) is 0.538. The zero-order valence-corrected chi connectivity index (χ0v) is 11.7. The molecule has 104 valence electrons. The Morgan fingerprint density at radius 1 is 1.53 bits per heavy atom. The van der Waals surface area contributed by atoms with Gasteiger partial charge in [0.2, 0.25) is 0 Å². The van der Waals surface area contributed by atoms with E-state index < -0.39 is 5.97 Å². The molecule has 6 heteroatoms. The van der Waals surface area contributed by atoms with Crippen LogP contribution in [0.25, 0.3) is 0 Å². The van der Waals surface area contributed by atoms with Gasteiger partial charge in [0.05, 0.1) is 10.6 Å². The maximum absolute atomic E-state index is 10.8. The van der Waals surface area contributed by atoms with Gasteiger partial charge in [-0.15, -0.1) is 0 Å². The Labute approximate surface area is 117 Å². The summed E-state index contributed by atoms with van der Waals surface area (Å²) in [4.78, 5) is 19.3. The number of carbonyl (C=O) groups is 1. The van der Waals surface area contributed by atoms with Crippen molar-refractivity contribution in [2.24, 2.45) is 0 Å². The predicted octanol–water partition coefficient (Wildman–Crippen LogP) is 1.97. The first kappa shape index (κ1) is 14.1. The lowest BCUT2D eigenvalue weighted by molar-refractivity contribution is 0.0696. The van der Waals surface area contributed by atoms with E-state index in [1.54, 1.807) is 0 Å². The number of carboxylic acids is 1. The summed E-state index contributed by atoms with van der Waals surface area (Å²) in [5, 5.41) is 9.25. The molecule has 0 spiro atoms. The van der Waals surface area contributed by atoms with Crippen LogP contribution in [-0.4, -0.2) is 54.2 Å². The van der Waals surface area contributed by atoms with Gasteiger partial charge >= 0.3 is 5.97 Å². The number of likely N-dealkylation sites (tertiary alicyclic amines) is 1.